The van der Waals surface area contributed by atoms with Crippen molar-refractivity contribution in [3.05, 3.63) is 30.3 Å². The number of anilines is 1. The Morgan fingerprint density at radius 3 is 2.69 bits per heavy atom. The molecule has 0 spiro atoms. The Labute approximate surface area is 98.7 Å². The molecule has 0 aromatic heterocycles. The lowest BCUT2D eigenvalue weighted by Crippen LogP contribution is -2.24. The zero-order valence-corrected chi connectivity index (χ0v) is 10.2. The maximum Gasteiger partial charge on any atom is 0.0363 e. The van der Waals surface area contributed by atoms with Gasteiger partial charge in [0.1, 0.15) is 0 Å². The zero-order chi connectivity index (χ0) is 11.2. The summed E-state index contributed by atoms with van der Waals surface area (Å²) in [6, 6.07) is 10.6. The van der Waals surface area contributed by atoms with E-state index < -0.39 is 0 Å². The molecule has 2 rings (SSSR count). The summed E-state index contributed by atoms with van der Waals surface area (Å²) < 4.78 is 0. The van der Waals surface area contributed by atoms with Crippen LogP contribution in [0.25, 0.3) is 0 Å². The van der Waals surface area contributed by atoms with E-state index in [4.69, 9.17) is 0 Å². The van der Waals surface area contributed by atoms with Crippen molar-refractivity contribution >= 4 is 5.69 Å². The van der Waals surface area contributed by atoms with E-state index in [9.17, 15) is 0 Å². The van der Waals surface area contributed by atoms with E-state index in [1.165, 1.54) is 31.5 Å². The van der Waals surface area contributed by atoms with E-state index in [1.807, 2.05) is 0 Å². The van der Waals surface area contributed by atoms with Gasteiger partial charge in [-0.05, 0) is 50.4 Å². The molecular formula is C14H22N2. The second kappa shape index (κ2) is 5.90. The van der Waals surface area contributed by atoms with Crippen LogP contribution in [-0.4, -0.2) is 26.7 Å². The smallest absolute Gasteiger partial charge is 0.0363 e. The SMILES string of the molecule is CN(CCCNCC1CC1)c1ccccc1. The van der Waals surface area contributed by atoms with Crippen LogP contribution in [0.3, 0.4) is 0 Å². The van der Waals surface area contributed by atoms with Crippen LogP contribution < -0.4 is 10.2 Å². The van der Waals surface area contributed by atoms with Crippen LogP contribution in [0.2, 0.25) is 0 Å². The predicted octanol–water partition coefficient (Wildman–Crippen LogP) is 2.51. The van der Waals surface area contributed by atoms with Crippen LogP contribution in [0.5, 0.6) is 0 Å². The molecule has 0 bridgehead atoms. The molecule has 0 aliphatic heterocycles. The highest BCUT2D eigenvalue weighted by molar-refractivity contribution is 5.44. The summed E-state index contributed by atoms with van der Waals surface area (Å²) in [6.45, 7) is 3.50. The standard InChI is InChI=1S/C14H22N2/c1-16(14-6-3-2-4-7-14)11-5-10-15-12-13-8-9-13/h2-4,6-7,13,15H,5,8-12H2,1H3. The fourth-order valence-electron chi connectivity index (χ4n) is 1.88. The molecule has 0 radical (unpaired) electrons. The summed E-state index contributed by atoms with van der Waals surface area (Å²) in [5, 5.41) is 3.53. The topological polar surface area (TPSA) is 15.3 Å². The Morgan fingerprint density at radius 2 is 2.00 bits per heavy atom. The van der Waals surface area contributed by atoms with Gasteiger partial charge in [-0.15, -0.1) is 0 Å². The molecule has 2 heteroatoms. The first-order valence-electron chi connectivity index (χ1n) is 6.33. The average molecular weight is 218 g/mol. The number of rotatable bonds is 7. The molecule has 0 atom stereocenters. The van der Waals surface area contributed by atoms with Gasteiger partial charge < -0.3 is 10.2 Å². The second-order valence-corrected chi connectivity index (χ2v) is 4.76. The minimum atomic E-state index is 0.992. The highest BCUT2D eigenvalue weighted by Gasteiger charge is 2.19. The maximum atomic E-state index is 3.53. The highest BCUT2D eigenvalue weighted by atomic mass is 15.1. The minimum absolute atomic E-state index is 0.992. The first-order valence-corrected chi connectivity index (χ1v) is 6.33. The predicted molar refractivity (Wildman–Crippen MR) is 69.9 cm³/mol. The summed E-state index contributed by atoms with van der Waals surface area (Å²) >= 11 is 0. The normalized spacial score (nSPS) is 15.1. The van der Waals surface area contributed by atoms with Crippen molar-refractivity contribution in [1.29, 1.82) is 0 Å². The Kier molecular flexibility index (Phi) is 4.23. The van der Waals surface area contributed by atoms with Crippen molar-refractivity contribution in [1.82, 2.24) is 5.32 Å². The van der Waals surface area contributed by atoms with E-state index in [-0.39, 0.29) is 0 Å². The molecule has 1 N–H and O–H groups in total. The van der Waals surface area contributed by atoms with Crippen LogP contribution >= 0.6 is 0 Å². The van der Waals surface area contributed by atoms with Gasteiger partial charge in [0.15, 0.2) is 0 Å². The zero-order valence-electron chi connectivity index (χ0n) is 10.2. The van der Waals surface area contributed by atoms with Crippen molar-refractivity contribution in [3.63, 3.8) is 0 Å². The summed E-state index contributed by atoms with van der Waals surface area (Å²) in [7, 11) is 2.16. The molecule has 0 amide bonds. The largest absolute Gasteiger partial charge is 0.375 e. The monoisotopic (exact) mass is 218 g/mol. The Bertz CT molecular complexity index is 293. The molecule has 88 valence electrons. The summed E-state index contributed by atoms with van der Waals surface area (Å²) in [6.07, 6.45) is 4.10. The molecule has 1 aromatic rings. The lowest BCUT2D eigenvalue weighted by atomic mass is 10.3. The summed E-state index contributed by atoms with van der Waals surface area (Å²) in [5.74, 6) is 0.992. The van der Waals surface area contributed by atoms with Crippen LogP contribution in [-0.2, 0) is 0 Å². The molecule has 1 fully saturated rings. The molecule has 1 saturated carbocycles. The average Bonchev–Trinajstić information content (AvgIpc) is 3.13. The van der Waals surface area contributed by atoms with Crippen molar-refractivity contribution in [2.24, 2.45) is 5.92 Å². The summed E-state index contributed by atoms with van der Waals surface area (Å²) in [5.41, 5.74) is 1.31. The quantitative estimate of drug-likeness (QED) is 0.707. The van der Waals surface area contributed by atoms with Crippen molar-refractivity contribution in [2.45, 2.75) is 19.3 Å². The Morgan fingerprint density at radius 1 is 1.25 bits per heavy atom. The van der Waals surface area contributed by atoms with E-state index in [2.05, 4.69) is 47.6 Å². The van der Waals surface area contributed by atoms with Gasteiger partial charge in [0.25, 0.3) is 0 Å². The first-order chi connectivity index (χ1) is 7.86. The number of para-hydroxylation sites is 1. The van der Waals surface area contributed by atoms with Crippen LogP contribution in [0.4, 0.5) is 5.69 Å². The third kappa shape index (κ3) is 3.86. The summed E-state index contributed by atoms with van der Waals surface area (Å²) in [4.78, 5) is 2.32. The van der Waals surface area contributed by atoms with Crippen molar-refractivity contribution < 1.29 is 0 Å². The van der Waals surface area contributed by atoms with Crippen molar-refractivity contribution in [2.75, 3.05) is 31.6 Å². The van der Waals surface area contributed by atoms with Crippen LogP contribution in [0.15, 0.2) is 30.3 Å². The van der Waals surface area contributed by atoms with Gasteiger partial charge >= 0.3 is 0 Å². The lowest BCUT2D eigenvalue weighted by molar-refractivity contribution is 0.612. The van der Waals surface area contributed by atoms with Gasteiger partial charge in [0, 0.05) is 19.3 Å². The van der Waals surface area contributed by atoms with E-state index in [0.29, 0.717) is 0 Å². The van der Waals surface area contributed by atoms with Gasteiger partial charge in [-0.25, -0.2) is 0 Å². The highest BCUT2D eigenvalue weighted by Crippen LogP contribution is 2.27. The first kappa shape index (κ1) is 11.5. The molecule has 0 saturated heterocycles. The lowest BCUT2D eigenvalue weighted by Gasteiger charge is -2.19. The molecule has 1 aliphatic rings. The van der Waals surface area contributed by atoms with Crippen LogP contribution in [0.1, 0.15) is 19.3 Å². The minimum Gasteiger partial charge on any atom is -0.375 e. The third-order valence-corrected chi connectivity index (χ3v) is 3.17. The molecule has 1 aromatic carbocycles. The number of nitrogens with one attached hydrogen (secondary N) is 1. The number of hydrogen-bond acceptors (Lipinski definition) is 2. The van der Waals surface area contributed by atoms with Gasteiger partial charge in [-0.2, -0.15) is 0 Å². The van der Waals surface area contributed by atoms with E-state index in [1.54, 1.807) is 0 Å². The third-order valence-electron chi connectivity index (χ3n) is 3.17. The van der Waals surface area contributed by atoms with E-state index >= 15 is 0 Å². The van der Waals surface area contributed by atoms with Gasteiger partial charge in [-0.1, -0.05) is 18.2 Å². The Balaban J connectivity index is 1.58. The Hall–Kier alpha value is -1.02. The van der Waals surface area contributed by atoms with E-state index in [0.717, 1.165) is 19.0 Å². The second-order valence-electron chi connectivity index (χ2n) is 4.76. The molecular weight excluding hydrogens is 196 g/mol. The van der Waals surface area contributed by atoms with Crippen molar-refractivity contribution in [3.8, 4) is 0 Å². The molecule has 0 unspecified atom stereocenters. The molecule has 16 heavy (non-hydrogen) atoms. The van der Waals surface area contributed by atoms with Gasteiger partial charge in [-0.3, -0.25) is 0 Å². The molecule has 1 aliphatic carbocycles. The number of nitrogens with zero attached hydrogens (tertiary/aromatic N) is 1. The molecule has 2 nitrogen and oxygen atoms in total. The fraction of sp³-hybridized carbons (Fsp3) is 0.571. The van der Waals surface area contributed by atoms with Gasteiger partial charge in [0.05, 0.1) is 0 Å². The van der Waals surface area contributed by atoms with Gasteiger partial charge in [0.2, 0.25) is 0 Å². The fourth-order valence-corrected chi connectivity index (χ4v) is 1.88. The number of hydrogen-bond donors (Lipinski definition) is 1. The maximum absolute atomic E-state index is 3.53. The molecule has 0 heterocycles. The van der Waals surface area contributed by atoms with Crippen LogP contribution in [0, 0.1) is 5.92 Å². The number of benzene rings is 1.